The van der Waals surface area contributed by atoms with Crippen LogP contribution in [0.4, 0.5) is 0 Å². The second-order valence-corrected chi connectivity index (χ2v) is 3.37. The molecule has 0 aliphatic heterocycles. The van der Waals surface area contributed by atoms with E-state index >= 15 is 0 Å². The van der Waals surface area contributed by atoms with Crippen LogP contribution in [0.2, 0.25) is 0 Å². The molecule has 1 aromatic heterocycles. The van der Waals surface area contributed by atoms with Crippen molar-refractivity contribution in [1.82, 2.24) is 9.55 Å². The van der Waals surface area contributed by atoms with Crippen molar-refractivity contribution in [2.24, 2.45) is 7.05 Å². The minimum atomic E-state index is -0.536. The summed E-state index contributed by atoms with van der Waals surface area (Å²) in [6.07, 6.45) is 3.41. The Balaban J connectivity index is 3.29. The van der Waals surface area contributed by atoms with Crippen molar-refractivity contribution in [2.45, 2.75) is 5.16 Å². The lowest BCUT2D eigenvalue weighted by molar-refractivity contribution is 0.0596. The Bertz CT molecular complexity index is 414. The number of ether oxygens (including phenoxy) is 1. The molecule has 0 aromatic carbocycles. The molecule has 0 amide bonds. The van der Waals surface area contributed by atoms with E-state index in [1.54, 1.807) is 17.8 Å². The number of methoxy groups -OCH3 is 1. The van der Waals surface area contributed by atoms with Crippen molar-refractivity contribution in [3.63, 3.8) is 0 Å². The summed E-state index contributed by atoms with van der Waals surface area (Å²) >= 11 is 1.42. The van der Waals surface area contributed by atoms with Gasteiger partial charge in [0.25, 0.3) is 0 Å². The van der Waals surface area contributed by atoms with Gasteiger partial charge in [0, 0.05) is 13.2 Å². The predicted octanol–water partition coefficient (Wildman–Crippen LogP) is 0.408. The average Bonchev–Trinajstić information content (AvgIpc) is 2.19. The Kier molecular flexibility index (Phi) is 3.29. The number of aromatic nitrogens is 2. The number of rotatable bonds is 2. The van der Waals surface area contributed by atoms with Gasteiger partial charge in [-0.2, -0.15) is 0 Å². The highest BCUT2D eigenvalue weighted by molar-refractivity contribution is 7.98. The van der Waals surface area contributed by atoms with Crippen molar-refractivity contribution in [2.75, 3.05) is 13.4 Å². The van der Waals surface area contributed by atoms with Gasteiger partial charge in [-0.1, -0.05) is 11.8 Å². The summed E-state index contributed by atoms with van der Waals surface area (Å²) in [4.78, 5) is 15.1. The maximum atomic E-state index is 11.2. The van der Waals surface area contributed by atoms with E-state index in [9.17, 15) is 4.79 Å². The molecule has 0 atom stereocenters. The molecule has 0 fully saturated rings. The summed E-state index contributed by atoms with van der Waals surface area (Å²) in [7, 11) is 3.05. The van der Waals surface area contributed by atoms with Gasteiger partial charge < -0.3 is 9.30 Å². The summed E-state index contributed by atoms with van der Waals surface area (Å²) in [5.41, 5.74) is 0.118. The van der Waals surface area contributed by atoms with Crippen LogP contribution in [0.15, 0.2) is 11.4 Å². The largest absolute Gasteiger partial charge is 0.465 e. The van der Waals surface area contributed by atoms with Gasteiger partial charge in [-0.25, -0.2) is 9.78 Å². The maximum Gasteiger partial charge on any atom is 0.343 e. The van der Waals surface area contributed by atoms with E-state index in [4.69, 9.17) is 5.41 Å². The molecule has 0 saturated carbocycles. The van der Waals surface area contributed by atoms with Crippen LogP contribution in [0.3, 0.4) is 0 Å². The number of aryl methyl sites for hydroxylation is 1. The van der Waals surface area contributed by atoms with E-state index in [-0.39, 0.29) is 11.1 Å². The van der Waals surface area contributed by atoms with Crippen LogP contribution >= 0.6 is 11.8 Å². The molecule has 0 spiro atoms. The predicted molar refractivity (Wildman–Crippen MR) is 52.2 cm³/mol. The molecule has 0 bridgehead atoms. The fourth-order valence-corrected chi connectivity index (χ4v) is 1.52. The summed E-state index contributed by atoms with van der Waals surface area (Å²) in [6, 6.07) is 0. The molecule has 1 heterocycles. The zero-order valence-electron chi connectivity index (χ0n) is 8.20. The average molecular weight is 213 g/mol. The van der Waals surface area contributed by atoms with Crippen LogP contribution in [0, 0.1) is 5.41 Å². The molecule has 1 rings (SSSR count). The van der Waals surface area contributed by atoms with E-state index < -0.39 is 5.97 Å². The first kappa shape index (κ1) is 10.8. The first-order chi connectivity index (χ1) is 6.60. The molecule has 0 saturated heterocycles. The van der Waals surface area contributed by atoms with Crippen molar-refractivity contribution in [3.05, 3.63) is 17.2 Å². The molecule has 0 aliphatic rings. The molecule has 0 unspecified atom stereocenters. The fourth-order valence-electron chi connectivity index (χ4n) is 0.994. The lowest BCUT2D eigenvalue weighted by Gasteiger charge is -2.06. The first-order valence-corrected chi connectivity index (χ1v) is 5.07. The SMILES string of the molecule is COC(=O)c1cn(C)c(SC)nc1=N. The van der Waals surface area contributed by atoms with E-state index in [1.165, 1.54) is 18.9 Å². The molecule has 1 aromatic rings. The van der Waals surface area contributed by atoms with Gasteiger partial charge in [-0.05, 0) is 6.26 Å². The lowest BCUT2D eigenvalue weighted by atomic mass is 10.3. The topological polar surface area (TPSA) is 68.0 Å². The first-order valence-electron chi connectivity index (χ1n) is 3.84. The summed E-state index contributed by atoms with van der Waals surface area (Å²) in [6.45, 7) is 0. The third-order valence-electron chi connectivity index (χ3n) is 1.67. The lowest BCUT2D eigenvalue weighted by Crippen LogP contribution is -2.22. The normalized spacial score (nSPS) is 9.93. The van der Waals surface area contributed by atoms with Crippen molar-refractivity contribution >= 4 is 17.7 Å². The Hall–Kier alpha value is -1.30. The molecule has 0 radical (unpaired) electrons. The van der Waals surface area contributed by atoms with Crippen molar-refractivity contribution < 1.29 is 9.53 Å². The van der Waals surface area contributed by atoms with Crippen LogP contribution in [0.5, 0.6) is 0 Å². The van der Waals surface area contributed by atoms with Crippen LogP contribution in [0.25, 0.3) is 0 Å². The summed E-state index contributed by atoms with van der Waals surface area (Å²) in [5, 5.41) is 8.19. The zero-order chi connectivity index (χ0) is 10.7. The van der Waals surface area contributed by atoms with E-state index in [0.29, 0.717) is 5.16 Å². The Morgan fingerprint density at radius 1 is 1.71 bits per heavy atom. The fraction of sp³-hybridized carbons (Fsp3) is 0.375. The Labute approximate surface area is 85.6 Å². The number of nitrogens with one attached hydrogen (secondary N) is 1. The van der Waals surface area contributed by atoms with Gasteiger partial charge in [0.15, 0.2) is 10.6 Å². The third kappa shape index (κ3) is 1.95. The van der Waals surface area contributed by atoms with Gasteiger partial charge in [-0.3, -0.25) is 5.41 Å². The van der Waals surface area contributed by atoms with Crippen LogP contribution in [-0.2, 0) is 11.8 Å². The highest BCUT2D eigenvalue weighted by atomic mass is 32.2. The molecule has 0 aliphatic carbocycles. The van der Waals surface area contributed by atoms with Gasteiger partial charge in [0.05, 0.1) is 7.11 Å². The van der Waals surface area contributed by atoms with Crippen LogP contribution < -0.4 is 5.49 Å². The van der Waals surface area contributed by atoms with E-state index in [1.807, 2.05) is 6.26 Å². The number of nitrogens with zero attached hydrogens (tertiary/aromatic N) is 2. The Morgan fingerprint density at radius 2 is 2.36 bits per heavy atom. The second kappa shape index (κ2) is 4.28. The molecule has 5 nitrogen and oxygen atoms in total. The molecule has 76 valence electrons. The zero-order valence-corrected chi connectivity index (χ0v) is 9.01. The Morgan fingerprint density at radius 3 is 2.86 bits per heavy atom. The van der Waals surface area contributed by atoms with Gasteiger partial charge in [0.2, 0.25) is 0 Å². The standard InChI is InChI=1S/C8H11N3O2S/c1-11-4-5(7(12)13-2)6(9)10-8(11)14-3/h4,9H,1-3H3. The molecule has 6 heteroatoms. The monoisotopic (exact) mass is 213 g/mol. The number of esters is 1. The smallest absolute Gasteiger partial charge is 0.343 e. The molecular weight excluding hydrogens is 202 g/mol. The second-order valence-electron chi connectivity index (χ2n) is 2.59. The minimum Gasteiger partial charge on any atom is -0.465 e. The maximum absolute atomic E-state index is 11.2. The summed E-state index contributed by atoms with van der Waals surface area (Å²) in [5.74, 6) is -0.536. The highest BCUT2D eigenvalue weighted by Gasteiger charge is 2.10. The van der Waals surface area contributed by atoms with Gasteiger partial charge >= 0.3 is 5.97 Å². The molecular formula is C8H11N3O2S. The number of carbonyl (C=O) groups excluding carboxylic acids is 1. The quantitative estimate of drug-likeness (QED) is 0.439. The summed E-state index contributed by atoms with van der Waals surface area (Å²) < 4.78 is 6.22. The highest BCUT2D eigenvalue weighted by Crippen LogP contribution is 2.08. The number of hydrogen-bond donors (Lipinski definition) is 1. The van der Waals surface area contributed by atoms with Crippen molar-refractivity contribution in [1.29, 1.82) is 5.41 Å². The molecule has 1 N–H and O–H groups in total. The van der Waals surface area contributed by atoms with Gasteiger partial charge in [0.1, 0.15) is 5.56 Å². The third-order valence-corrected chi connectivity index (χ3v) is 2.42. The minimum absolute atomic E-state index is 0.0562. The van der Waals surface area contributed by atoms with E-state index in [2.05, 4.69) is 9.72 Å². The van der Waals surface area contributed by atoms with Gasteiger partial charge in [-0.15, -0.1) is 0 Å². The molecule has 14 heavy (non-hydrogen) atoms. The van der Waals surface area contributed by atoms with Crippen LogP contribution in [-0.4, -0.2) is 28.9 Å². The number of hydrogen-bond acceptors (Lipinski definition) is 5. The van der Waals surface area contributed by atoms with Crippen LogP contribution in [0.1, 0.15) is 10.4 Å². The van der Waals surface area contributed by atoms with Crippen molar-refractivity contribution in [3.8, 4) is 0 Å². The number of thioether (sulfide) groups is 1. The number of carbonyl (C=O) groups is 1. The van der Waals surface area contributed by atoms with E-state index in [0.717, 1.165) is 0 Å².